The van der Waals surface area contributed by atoms with Crippen LogP contribution in [0.15, 0.2) is 77.7 Å². The molecule has 8 heteroatoms. The number of carbonyl (C=O) groups excluding carboxylic acids is 1. The molecule has 0 unspecified atom stereocenters. The van der Waals surface area contributed by atoms with Gasteiger partial charge in [0, 0.05) is 15.7 Å². The van der Waals surface area contributed by atoms with Crippen LogP contribution in [0.4, 0.5) is 11.4 Å². The summed E-state index contributed by atoms with van der Waals surface area (Å²) in [5.41, 5.74) is 1.55. The molecule has 3 aromatic carbocycles. The predicted octanol–water partition coefficient (Wildman–Crippen LogP) is 5.14. The molecule has 29 heavy (non-hydrogen) atoms. The highest BCUT2D eigenvalue weighted by Crippen LogP contribution is 2.26. The van der Waals surface area contributed by atoms with Crippen molar-refractivity contribution in [2.24, 2.45) is 0 Å². The van der Waals surface area contributed by atoms with E-state index in [1.165, 1.54) is 12.1 Å². The van der Waals surface area contributed by atoms with Crippen molar-refractivity contribution in [1.82, 2.24) is 0 Å². The summed E-state index contributed by atoms with van der Waals surface area (Å²) in [6.45, 7) is 1.36. The van der Waals surface area contributed by atoms with Crippen LogP contribution >= 0.6 is 23.2 Å². The summed E-state index contributed by atoms with van der Waals surface area (Å²) in [5, 5.41) is 3.70. The lowest BCUT2D eigenvalue weighted by molar-refractivity contribution is -0.114. The molecule has 0 spiro atoms. The second-order valence-electron chi connectivity index (χ2n) is 6.26. The molecule has 0 aromatic heterocycles. The Balaban J connectivity index is 1.94. The highest BCUT2D eigenvalue weighted by atomic mass is 35.5. The zero-order valence-corrected chi connectivity index (χ0v) is 17.8. The Morgan fingerprint density at radius 1 is 0.931 bits per heavy atom. The van der Waals surface area contributed by atoms with Crippen LogP contribution in [0.25, 0.3) is 0 Å². The fourth-order valence-electron chi connectivity index (χ4n) is 2.71. The van der Waals surface area contributed by atoms with E-state index in [0.29, 0.717) is 27.0 Å². The minimum atomic E-state index is -3.97. The maximum absolute atomic E-state index is 13.2. The molecule has 0 fully saturated rings. The van der Waals surface area contributed by atoms with Crippen molar-refractivity contribution in [1.29, 1.82) is 0 Å². The molecule has 150 valence electrons. The SMILES string of the molecule is Cc1c(Cl)cccc1NC(=O)CN(c1ccc(Cl)cc1)S(=O)(=O)c1ccccc1. The summed E-state index contributed by atoms with van der Waals surface area (Å²) < 4.78 is 27.5. The molecule has 0 atom stereocenters. The first kappa shape index (κ1) is 21.2. The molecule has 0 radical (unpaired) electrons. The molecule has 0 heterocycles. The van der Waals surface area contributed by atoms with Gasteiger partial charge in [-0.25, -0.2) is 8.42 Å². The maximum atomic E-state index is 13.2. The molecule has 0 aliphatic carbocycles. The number of carbonyl (C=O) groups is 1. The number of sulfonamides is 1. The topological polar surface area (TPSA) is 66.5 Å². The lowest BCUT2D eigenvalue weighted by atomic mass is 10.2. The van der Waals surface area contributed by atoms with E-state index in [4.69, 9.17) is 23.2 Å². The van der Waals surface area contributed by atoms with Gasteiger partial charge in [0.15, 0.2) is 0 Å². The summed E-state index contributed by atoms with van der Waals surface area (Å²) in [7, 11) is -3.97. The summed E-state index contributed by atoms with van der Waals surface area (Å²) >= 11 is 12.0. The van der Waals surface area contributed by atoms with Gasteiger partial charge >= 0.3 is 0 Å². The van der Waals surface area contributed by atoms with Crippen LogP contribution in [0.1, 0.15) is 5.56 Å². The van der Waals surface area contributed by atoms with Crippen molar-refractivity contribution in [3.8, 4) is 0 Å². The zero-order valence-electron chi connectivity index (χ0n) is 15.5. The number of halogens is 2. The normalized spacial score (nSPS) is 11.1. The Kier molecular flexibility index (Phi) is 6.47. The van der Waals surface area contributed by atoms with E-state index >= 15 is 0 Å². The van der Waals surface area contributed by atoms with Crippen LogP contribution < -0.4 is 9.62 Å². The zero-order chi connectivity index (χ0) is 21.0. The summed E-state index contributed by atoms with van der Waals surface area (Å²) in [6, 6.07) is 19.3. The third-order valence-electron chi connectivity index (χ3n) is 4.27. The Morgan fingerprint density at radius 3 is 2.24 bits per heavy atom. The van der Waals surface area contributed by atoms with E-state index in [9.17, 15) is 13.2 Å². The van der Waals surface area contributed by atoms with Crippen molar-refractivity contribution in [3.05, 3.63) is 88.4 Å². The first-order valence-corrected chi connectivity index (χ1v) is 10.9. The minimum Gasteiger partial charge on any atom is -0.324 e. The first-order chi connectivity index (χ1) is 13.8. The second-order valence-corrected chi connectivity index (χ2v) is 8.97. The molecule has 0 aliphatic heterocycles. The predicted molar refractivity (Wildman–Crippen MR) is 117 cm³/mol. The van der Waals surface area contributed by atoms with Crippen LogP contribution in [0.2, 0.25) is 10.0 Å². The lowest BCUT2D eigenvalue weighted by Gasteiger charge is -2.24. The Morgan fingerprint density at radius 2 is 1.59 bits per heavy atom. The van der Waals surface area contributed by atoms with Crippen LogP contribution in [0.5, 0.6) is 0 Å². The molecular formula is C21H18Cl2N2O3S. The van der Waals surface area contributed by atoms with Gasteiger partial charge in [0.25, 0.3) is 10.0 Å². The van der Waals surface area contributed by atoms with Gasteiger partial charge in [-0.3, -0.25) is 9.10 Å². The van der Waals surface area contributed by atoms with Crippen molar-refractivity contribution >= 4 is 50.5 Å². The fourth-order valence-corrected chi connectivity index (χ4v) is 4.45. The second kappa shape index (κ2) is 8.86. The van der Waals surface area contributed by atoms with E-state index in [0.717, 1.165) is 4.31 Å². The van der Waals surface area contributed by atoms with E-state index in [-0.39, 0.29) is 4.90 Å². The number of nitrogens with zero attached hydrogens (tertiary/aromatic N) is 1. The highest BCUT2D eigenvalue weighted by molar-refractivity contribution is 7.92. The third kappa shape index (κ3) is 4.90. The van der Waals surface area contributed by atoms with Crippen LogP contribution in [0, 0.1) is 6.92 Å². The van der Waals surface area contributed by atoms with E-state index in [1.807, 2.05) is 0 Å². The van der Waals surface area contributed by atoms with Gasteiger partial charge in [0.2, 0.25) is 5.91 Å². The molecule has 5 nitrogen and oxygen atoms in total. The van der Waals surface area contributed by atoms with Crippen LogP contribution in [-0.2, 0) is 14.8 Å². The molecule has 3 aromatic rings. The molecule has 1 amide bonds. The fraction of sp³-hybridized carbons (Fsp3) is 0.0952. The quantitative estimate of drug-likeness (QED) is 0.567. The number of anilines is 2. The monoisotopic (exact) mass is 448 g/mol. The molecule has 3 rings (SSSR count). The standard InChI is InChI=1S/C21H18Cl2N2O3S/c1-15-19(23)8-5-9-20(15)24-21(26)14-25(17-12-10-16(22)11-13-17)29(27,28)18-6-3-2-4-7-18/h2-13H,14H2,1H3,(H,24,26). The minimum absolute atomic E-state index is 0.0849. The van der Waals surface area contributed by atoms with Crippen molar-refractivity contribution in [2.45, 2.75) is 11.8 Å². The van der Waals surface area contributed by atoms with Crippen molar-refractivity contribution in [2.75, 3.05) is 16.2 Å². The van der Waals surface area contributed by atoms with E-state index in [1.54, 1.807) is 67.6 Å². The molecule has 0 aliphatic rings. The van der Waals surface area contributed by atoms with E-state index < -0.39 is 22.5 Å². The molecule has 1 N–H and O–H groups in total. The number of hydrogen-bond donors (Lipinski definition) is 1. The van der Waals surface area contributed by atoms with Crippen molar-refractivity contribution < 1.29 is 13.2 Å². The van der Waals surface area contributed by atoms with Gasteiger partial charge in [0.1, 0.15) is 6.54 Å². The van der Waals surface area contributed by atoms with Crippen LogP contribution in [0.3, 0.4) is 0 Å². The number of rotatable bonds is 6. The van der Waals surface area contributed by atoms with Gasteiger partial charge in [-0.05, 0) is 61.0 Å². The van der Waals surface area contributed by atoms with Gasteiger partial charge < -0.3 is 5.32 Å². The first-order valence-electron chi connectivity index (χ1n) is 8.67. The Bertz CT molecular complexity index is 1120. The number of benzene rings is 3. The van der Waals surface area contributed by atoms with E-state index in [2.05, 4.69) is 5.32 Å². The number of amides is 1. The molecule has 0 saturated heterocycles. The largest absolute Gasteiger partial charge is 0.324 e. The lowest BCUT2D eigenvalue weighted by Crippen LogP contribution is -2.38. The van der Waals surface area contributed by atoms with Crippen LogP contribution in [-0.4, -0.2) is 20.9 Å². The van der Waals surface area contributed by atoms with Gasteiger partial charge in [-0.15, -0.1) is 0 Å². The maximum Gasteiger partial charge on any atom is 0.264 e. The average Bonchev–Trinajstić information content (AvgIpc) is 2.71. The molecular weight excluding hydrogens is 431 g/mol. The Labute approximate surface area is 179 Å². The Hall–Kier alpha value is -2.54. The summed E-state index contributed by atoms with van der Waals surface area (Å²) in [4.78, 5) is 12.8. The summed E-state index contributed by atoms with van der Waals surface area (Å²) in [5.74, 6) is -0.496. The average molecular weight is 449 g/mol. The smallest absolute Gasteiger partial charge is 0.264 e. The third-order valence-corrected chi connectivity index (χ3v) is 6.72. The molecule has 0 bridgehead atoms. The summed E-state index contributed by atoms with van der Waals surface area (Å²) in [6.07, 6.45) is 0. The van der Waals surface area contributed by atoms with Gasteiger partial charge in [-0.2, -0.15) is 0 Å². The molecule has 0 saturated carbocycles. The number of nitrogens with one attached hydrogen (secondary N) is 1. The van der Waals surface area contributed by atoms with Gasteiger partial charge in [0.05, 0.1) is 10.6 Å². The highest BCUT2D eigenvalue weighted by Gasteiger charge is 2.27. The van der Waals surface area contributed by atoms with Crippen molar-refractivity contribution in [3.63, 3.8) is 0 Å². The number of hydrogen-bond acceptors (Lipinski definition) is 3. The van der Waals surface area contributed by atoms with Gasteiger partial charge in [-0.1, -0.05) is 47.5 Å².